The van der Waals surface area contributed by atoms with Crippen molar-refractivity contribution in [3.05, 3.63) is 76.0 Å². The molecule has 0 aliphatic carbocycles. The van der Waals surface area contributed by atoms with Crippen molar-refractivity contribution < 1.29 is 19.5 Å². The maximum absolute atomic E-state index is 13.1. The monoisotopic (exact) mass is 381 g/mol. The largest absolute Gasteiger partial charge is 0.509 e. The third-order valence-electron chi connectivity index (χ3n) is 5.03. The number of aliphatic hydroxyl groups excluding tert-OH is 1. The fraction of sp³-hybridized carbons (Fsp3) is 0.348. The van der Waals surface area contributed by atoms with Gasteiger partial charge in [0.15, 0.2) is 6.79 Å². The van der Waals surface area contributed by atoms with Gasteiger partial charge in [-0.3, -0.25) is 4.79 Å². The van der Waals surface area contributed by atoms with Crippen LogP contribution < -0.4 is 0 Å². The Labute approximate surface area is 166 Å². The number of ether oxygens (including phenoxy) is 1. The lowest BCUT2D eigenvalue weighted by Crippen LogP contribution is -2.44. The molecule has 1 aliphatic heterocycles. The molecule has 2 aromatic rings. The van der Waals surface area contributed by atoms with Crippen LogP contribution in [0.15, 0.2) is 48.2 Å². The van der Waals surface area contributed by atoms with Gasteiger partial charge < -0.3 is 9.84 Å². The summed E-state index contributed by atoms with van der Waals surface area (Å²) >= 11 is 0. The molecule has 0 bridgehead atoms. The van der Waals surface area contributed by atoms with E-state index in [9.17, 15) is 9.90 Å². The first-order valence-corrected chi connectivity index (χ1v) is 9.34. The Morgan fingerprint density at radius 1 is 1.04 bits per heavy atom. The highest BCUT2D eigenvalue weighted by atomic mass is 16.8. The summed E-state index contributed by atoms with van der Waals surface area (Å²) in [5.74, 6) is -0.350. The molecule has 0 unspecified atom stereocenters. The summed E-state index contributed by atoms with van der Waals surface area (Å²) < 4.78 is 5.55. The number of carbonyl (C=O) groups is 1. The first-order chi connectivity index (χ1) is 13.2. The number of amides is 1. The van der Waals surface area contributed by atoms with Gasteiger partial charge in [0.05, 0.1) is 12.2 Å². The Morgan fingerprint density at radius 3 is 2.25 bits per heavy atom. The van der Waals surface area contributed by atoms with Gasteiger partial charge in [0.2, 0.25) is 0 Å². The van der Waals surface area contributed by atoms with Crippen molar-refractivity contribution in [2.75, 3.05) is 6.79 Å². The molecule has 28 heavy (non-hydrogen) atoms. The van der Waals surface area contributed by atoms with Crippen molar-refractivity contribution in [3.8, 4) is 0 Å². The van der Waals surface area contributed by atoms with E-state index >= 15 is 0 Å². The number of nitrogens with zero attached hydrogens (tertiary/aromatic N) is 1. The van der Waals surface area contributed by atoms with Crippen LogP contribution in [0.4, 0.5) is 0 Å². The second-order valence-corrected chi connectivity index (χ2v) is 7.74. The molecule has 0 atom stereocenters. The molecule has 0 fully saturated rings. The standard InChI is InChI=1S/C23H27NO4/c1-15-11-16(2)19(17(3)12-15)20-21(25)23(4,5)24(22(20)26)28-14-27-13-18-9-7-6-8-10-18/h6-12,25H,13-14H2,1-5H3. The highest BCUT2D eigenvalue weighted by molar-refractivity contribution is 6.23. The van der Waals surface area contributed by atoms with E-state index in [2.05, 4.69) is 0 Å². The van der Waals surface area contributed by atoms with Gasteiger partial charge in [-0.2, -0.15) is 0 Å². The van der Waals surface area contributed by atoms with Gasteiger partial charge in [-0.05, 0) is 56.9 Å². The van der Waals surface area contributed by atoms with Crippen LogP contribution in [0, 0.1) is 20.8 Å². The van der Waals surface area contributed by atoms with Crippen molar-refractivity contribution >= 4 is 11.5 Å². The molecule has 1 heterocycles. The molecule has 0 saturated heterocycles. The van der Waals surface area contributed by atoms with Crippen LogP contribution in [-0.4, -0.2) is 28.4 Å². The number of carbonyl (C=O) groups excluding carboxylic acids is 1. The van der Waals surface area contributed by atoms with Gasteiger partial charge in [-0.15, -0.1) is 0 Å². The average molecular weight is 381 g/mol. The molecule has 0 spiro atoms. The molecule has 148 valence electrons. The van der Waals surface area contributed by atoms with Crippen LogP contribution in [-0.2, 0) is 21.0 Å². The summed E-state index contributed by atoms with van der Waals surface area (Å²) in [6.07, 6.45) is 0. The van der Waals surface area contributed by atoms with E-state index in [1.54, 1.807) is 13.8 Å². The summed E-state index contributed by atoms with van der Waals surface area (Å²) in [6.45, 7) is 9.71. The van der Waals surface area contributed by atoms with E-state index in [1.807, 2.05) is 63.2 Å². The van der Waals surface area contributed by atoms with Gasteiger partial charge in [0.1, 0.15) is 11.3 Å². The number of aryl methyl sites for hydroxylation is 3. The Kier molecular flexibility index (Phi) is 5.59. The number of hydrogen-bond donors (Lipinski definition) is 1. The zero-order valence-corrected chi connectivity index (χ0v) is 17.1. The first kappa shape index (κ1) is 20.1. The quantitative estimate of drug-likeness (QED) is 0.586. The van der Waals surface area contributed by atoms with Crippen LogP contribution in [0.1, 0.15) is 41.7 Å². The predicted molar refractivity (Wildman–Crippen MR) is 108 cm³/mol. The van der Waals surface area contributed by atoms with Crippen molar-refractivity contribution in [2.45, 2.75) is 46.8 Å². The minimum absolute atomic E-state index is 0.00983. The minimum Gasteiger partial charge on any atom is -0.509 e. The second-order valence-electron chi connectivity index (χ2n) is 7.74. The first-order valence-electron chi connectivity index (χ1n) is 9.34. The molecule has 0 aromatic heterocycles. The lowest BCUT2D eigenvalue weighted by Gasteiger charge is -2.30. The molecule has 1 aliphatic rings. The van der Waals surface area contributed by atoms with Crippen molar-refractivity contribution in [3.63, 3.8) is 0 Å². The molecule has 0 radical (unpaired) electrons. The summed E-state index contributed by atoms with van der Waals surface area (Å²) in [5.41, 5.74) is 4.11. The molecule has 5 heteroatoms. The average Bonchev–Trinajstić information content (AvgIpc) is 2.79. The Hall–Kier alpha value is -2.63. The highest BCUT2D eigenvalue weighted by Gasteiger charge is 2.48. The van der Waals surface area contributed by atoms with E-state index in [0.29, 0.717) is 12.2 Å². The third-order valence-corrected chi connectivity index (χ3v) is 5.03. The number of hydrogen-bond acceptors (Lipinski definition) is 4. The van der Waals surface area contributed by atoms with E-state index in [-0.39, 0.29) is 18.5 Å². The second kappa shape index (κ2) is 7.78. The zero-order valence-electron chi connectivity index (χ0n) is 17.1. The van der Waals surface area contributed by atoms with E-state index in [4.69, 9.17) is 9.57 Å². The van der Waals surface area contributed by atoms with Crippen LogP contribution in [0.25, 0.3) is 5.57 Å². The molecule has 0 saturated carbocycles. The van der Waals surface area contributed by atoms with Crippen LogP contribution >= 0.6 is 0 Å². The van der Waals surface area contributed by atoms with Gasteiger partial charge in [-0.25, -0.2) is 9.90 Å². The van der Waals surface area contributed by atoms with Crippen LogP contribution in [0.2, 0.25) is 0 Å². The van der Waals surface area contributed by atoms with Gasteiger partial charge in [-0.1, -0.05) is 48.0 Å². The summed E-state index contributed by atoms with van der Waals surface area (Å²) in [6, 6.07) is 13.8. The number of rotatable bonds is 6. The molecular weight excluding hydrogens is 354 g/mol. The third kappa shape index (κ3) is 3.68. The molecule has 2 aromatic carbocycles. The normalized spacial score (nSPS) is 16.2. The lowest BCUT2D eigenvalue weighted by molar-refractivity contribution is -0.245. The van der Waals surface area contributed by atoms with E-state index < -0.39 is 5.54 Å². The van der Waals surface area contributed by atoms with E-state index in [0.717, 1.165) is 27.8 Å². The highest BCUT2D eigenvalue weighted by Crippen LogP contribution is 2.40. The minimum atomic E-state index is -0.980. The zero-order chi connectivity index (χ0) is 20.5. The maximum Gasteiger partial charge on any atom is 0.282 e. The fourth-order valence-corrected chi connectivity index (χ4v) is 3.70. The fourth-order valence-electron chi connectivity index (χ4n) is 3.70. The Bertz CT molecular complexity index is 892. The molecule has 1 N–H and O–H groups in total. The smallest absolute Gasteiger partial charge is 0.282 e. The lowest BCUT2D eigenvalue weighted by atomic mass is 9.91. The predicted octanol–water partition coefficient (Wildman–Crippen LogP) is 4.61. The van der Waals surface area contributed by atoms with Gasteiger partial charge >= 0.3 is 0 Å². The summed E-state index contributed by atoms with van der Waals surface area (Å²) in [5, 5.41) is 12.1. The maximum atomic E-state index is 13.1. The SMILES string of the molecule is Cc1cc(C)c(C2=C(O)C(C)(C)N(OCOCc3ccccc3)C2=O)c(C)c1. The Morgan fingerprint density at radius 2 is 1.64 bits per heavy atom. The van der Waals surface area contributed by atoms with Crippen LogP contribution in [0.3, 0.4) is 0 Å². The van der Waals surface area contributed by atoms with Gasteiger partial charge in [0.25, 0.3) is 5.91 Å². The summed E-state index contributed by atoms with van der Waals surface area (Å²) in [7, 11) is 0. The number of benzene rings is 2. The number of hydroxylamine groups is 2. The van der Waals surface area contributed by atoms with Crippen LogP contribution in [0.5, 0.6) is 0 Å². The number of aliphatic hydroxyl groups is 1. The molecule has 1 amide bonds. The topological polar surface area (TPSA) is 59.0 Å². The molecular formula is C23H27NO4. The Balaban J connectivity index is 1.77. The van der Waals surface area contributed by atoms with Crippen molar-refractivity contribution in [1.82, 2.24) is 5.06 Å². The summed E-state index contributed by atoms with van der Waals surface area (Å²) in [4.78, 5) is 18.8. The molecule has 3 rings (SSSR count). The molecule has 5 nitrogen and oxygen atoms in total. The van der Waals surface area contributed by atoms with Crippen molar-refractivity contribution in [1.29, 1.82) is 0 Å². The van der Waals surface area contributed by atoms with Gasteiger partial charge in [0, 0.05) is 0 Å². The van der Waals surface area contributed by atoms with E-state index in [1.165, 1.54) is 5.06 Å². The van der Waals surface area contributed by atoms with Crippen molar-refractivity contribution in [2.24, 2.45) is 0 Å².